The molecular weight excluding hydrogens is 267 g/mol. The Morgan fingerprint density at radius 1 is 1.37 bits per heavy atom. The number of nitrogens with one attached hydrogen (secondary N) is 1. The third kappa shape index (κ3) is 3.60. The van der Waals surface area contributed by atoms with E-state index in [4.69, 9.17) is 11.6 Å². The van der Waals surface area contributed by atoms with E-state index in [0.29, 0.717) is 10.7 Å². The first-order valence-corrected chi connectivity index (χ1v) is 6.96. The van der Waals surface area contributed by atoms with Gasteiger partial charge in [0.1, 0.15) is 11.9 Å². The van der Waals surface area contributed by atoms with Crippen molar-refractivity contribution in [2.45, 2.75) is 32.2 Å². The Morgan fingerprint density at radius 2 is 2.05 bits per heavy atom. The maximum absolute atomic E-state index is 13.6. The normalized spacial score (nSPS) is 17.1. The second-order valence-corrected chi connectivity index (χ2v) is 5.31. The molecule has 1 atom stereocenters. The molecule has 1 aromatic rings. The summed E-state index contributed by atoms with van der Waals surface area (Å²) in [5.41, 5.74) is 0.308. The molecule has 1 aliphatic heterocycles. The molecule has 1 heterocycles. The Balaban J connectivity index is 1.99. The molecule has 19 heavy (non-hydrogen) atoms. The summed E-state index contributed by atoms with van der Waals surface area (Å²) < 4.78 is 13.6. The predicted octanol–water partition coefficient (Wildman–Crippen LogP) is 3.29. The van der Waals surface area contributed by atoms with Crippen LogP contribution in [-0.4, -0.2) is 29.9 Å². The molecule has 0 radical (unpaired) electrons. The zero-order valence-corrected chi connectivity index (χ0v) is 11.7. The number of hydrogen-bond acceptors (Lipinski definition) is 2. The van der Waals surface area contributed by atoms with Gasteiger partial charge in [0, 0.05) is 18.1 Å². The topological polar surface area (TPSA) is 32.3 Å². The van der Waals surface area contributed by atoms with E-state index < -0.39 is 11.9 Å². The molecule has 1 aromatic carbocycles. The third-order valence-electron chi connectivity index (χ3n) is 3.34. The smallest absolute Gasteiger partial charge is 0.244 e. The maximum atomic E-state index is 13.6. The van der Waals surface area contributed by atoms with Crippen LogP contribution in [0.3, 0.4) is 0 Å². The number of piperidine rings is 1. The van der Waals surface area contributed by atoms with Gasteiger partial charge in [0.15, 0.2) is 0 Å². The van der Waals surface area contributed by atoms with Crippen molar-refractivity contribution in [1.82, 2.24) is 4.90 Å². The first-order valence-electron chi connectivity index (χ1n) is 6.58. The molecule has 2 rings (SSSR count). The van der Waals surface area contributed by atoms with E-state index in [1.165, 1.54) is 12.5 Å². The van der Waals surface area contributed by atoms with Gasteiger partial charge in [-0.25, -0.2) is 4.39 Å². The summed E-state index contributed by atoms with van der Waals surface area (Å²) >= 11 is 5.69. The standard InChI is InChI=1S/C14H18ClFN2O/c1-10(14(19)18-7-3-2-4-8-18)17-13-6-5-11(15)9-12(13)16/h5-6,9-10,17H,2-4,7-8H2,1H3. The highest BCUT2D eigenvalue weighted by Crippen LogP contribution is 2.20. The molecule has 0 aromatic heterocycles. The minimum atomic E-state index is -0.439. The van der Waals surface area contributed by atoms with Crippen LogP contribution >= 0.6 is 11.6 Å². The maximum Gasteiger partial charge on any atom is 0.244 e. The van der Waals surface area contributed by atoms with Crippen molar-refractivity contribution in [2.75, 3.05) is 18.4 Å². The Hall–Kier alpha value is -1.29. The monoisotopic (exact) mass is 284 g/mol. The van der Waals surface area contributed by atoms with E-state index in [1.807, 2.05) is 4.90 Å². The van der Waals surface area contributed by atoms with Crippen LogP contribution in [0.4, 0.5) is 10.1 Å². The number of amides is 1. The van der Waals surface area contributed by atoms with E-state index in [9.17, 15) is 9.18 Å². The van der Waals surface area contributed by atoms with Crippen LogP contribution in [0.2, 0.25) is 5.02 Å². The van der Waals surface area contributed by atoms with Gasteiger partial charge in [0.2, 0.25) is 5.91 Å². The lowest BCUT2D eigenvalue weighted by Crippen LogP contribution is -2.44. The van der Waals surface area contributed by atoms with Crippen molar-refractivity contribution in [3.05, 3.63) is 29.0 Å². The number of carbonyl (C=O) groups excluding carboxylic acids is 1. The van der Waals surface area contributed by atoms with Crippen LogP contribution in [0, 0.1) is 5.82 Å². The fourth-order valence-electron chi connectivity index (χ4n) is 2.29. The van der Waals surface area contributed by atoms with Gasteiger partial charge in [0.25, 0.3) is 0 Å². The largest absolute Gasteiger partial charge is 0.372 e. The average Bonchev–Trinajstić information content (AvgIpc) is 2.42. The van der Waals surface area contributed by atoms with E-state index in [2.05, 4.69) is 5.32 Å². The lowest BCUT2D eigenvalue weighted by molar-refractivity contribution is -0.132. The molecule has 0 spiro atoms. The van der Waals surface area contributed by atoms with Crippen molar-refractivity contribution < 1.29 is 9.18 Å². The summed E-state index contributed by atoms with van der Waals surface area (Å²) in [4.78, 5) is 14.0. The zero-order valence-electron chi connectivity index (χ0n) is 11.0. The summed E-state index contributed by atoms with van der Waals surface area (Å²) in [6.07, 6.45) is 3.28. The third-order valence-corrected chi connectivity index (χ3v) is 3.58. The Morgan fingerprint density at radius 3 is 2.68 bits per heavy atom. The molecular formula is C14H18ClFN2O. The highest BCUT2D eigenvalue weighted by molar-refractivity contribution is 6.30. The first kappa shape index (κ1) is 14.1. The van der Waals surface area contributed by atoms with Gasteiger partial charge in [-0.1, -0.05) is 11.6 Å². The van der Waals surface area contributed by atoms with Gasteiger partial charge >= 0.3 is 0 Å². The molecule has 1 unspecified atom stereocenters. The molecule has 5 heteroatoms. The van der Waals surface area contributed by atoms with Gasteiger partial charge in [-0.05, 0) is 44.4 Å². The second kappa shape index (κ2) is 6.24. The molecule has 104 valence electrons. The van der Waals surface area contributed by atoms with Gasteiger partial charge < -0.3 is 10.2 Å². The minimum Gasteiger partial charge on any atom is -0.372 e. The number of anilines is 1. The van der Waals surface area contributed by atoms with Crippen LogP contribution in [0.5, 0.6) is 0 Å². The van der Waals surface area contributed by atoms with Crippen LogP contribution in [0.1, 0.15) is 26.2 Å². The molecule has 0 saturated carbocycles. The van der Waals surface area contributed by atoms with Crippen LogP contribution in [0.15, 0.2) is 18.2 Å². The fraction of sp³-hybridized carbons (Fsp3) is 0.500. The highest BCUT2D eigenvalue weighted by atomic mass is 35.5. The first-order chi connectivity index (χ1) is 9.08. The molecule has 0 aliphatic carbocycles. The van der Waals surface area contributed by atoms with Gasteiger partial charge in [0.05, 0.1) is 5.69 Å². The van der Waals surface area contributed by atoms with Crippen LogP contribution in [0.25, 0.3) is 0 Å². The molecule has 1 aliphatic rings. The number of carbonyl (C=O) groups is 1. The quantitative estimate of drug-likeness (QED) is 0.924. The molecule has 1 N–H and O–H groups in total. The van der Waals surface area contributed by atoms with E-state index >= 15 is 0 Å². The van der Waals surface area contributed by atoms with Crippen molar-refractivity contribution in [3.8, 4) is 0 Å². The van der Waals surface area contributed by atoms with Crippen molar-refractivity contribution in [3.63, 3.8) is 0 Å². The molecule has 0 bridgehead atoms. The highest BCUT2D eigenvalue weighted by Gasteiger charge is 2.22. The minimum absolute atomic E-state index is 0.0223. The lowest BCUT2D eigenvalue weighted by Gasteiger charge is -2.29. The number of rotatable bonds is 3. The van der Waals surface area contributed by atoms with Gasteiger partial charge in [-0.2, -0.15) is 0 Å². The lowest BCUT2D eigenvalue weighted by atomic mass is 10.1. The Kier molecular flexibility index (Phi) is 4.64. The summed E-state index contributed by atoms with van der Waals surface area (Å²) in [7, 11) is 0. The van der Waals surface area contributed by atoms with Gasteiger partial charge in [-0.15, -0.1) is 0 Å². The number of halogens is 2. The second-order valence-electron chi connectivity index (χ2n) is 4.88. The Labute approximate surface area is 117 Å². The average molecular weight is 285 g/mol. The zero-order chi connectivity index (χ0) is 13.8. The van der Waals surface area contributed by atoms with Crippen molar-refractivity contribution in [1.29, 1.82) is 0 Å². The Bertz CT molecular complexity index is 461. The van der Waals surface area contributed by atoms with E-state index in [0.717, 1.165) is 25.9 Å². The number of benzene rings is 1. The molecule has 1 amide bonds. The number of likely N-dealkylation sites (tertiary alicyclic amines) is 1. The molecule has 1 saturated heterocycles. The number of hydrogen-bond donors (Lipinski definition) is 1. The summed E-state index contributed by atoms with van der Waals surface area (Å²) in [5.74, 6) is -0.417. The van der Waals surface area contributed by atoms with Crippen molar-refractivity contribution in [2.24, 2.45) is 0 Å². The van der Waals surface area contributed by atoms with Crippen LogP contribution in [-0.2, 0) is 4.79 Å². The summed E-state index contributed by atoms with van der Waals surface area (Å²) in [6, 6.07) is 3.96. The van der Waals surface area contributed by atoms with Crippen molar-refractivity contribution >= 4 is 23.2 Å². The van der Waals surface area contributed by atoms with E-state index in [-0.39, 0.29) is 5.91 Å². The summed E-state index contributed by atoms with van der Waals surface area (Å²) in [6.45, 7) is 3.35. The van der Waals surface area contributed by atoms with Crippen LogP contribution < -0.4 is 5.32 Å². The molecule has 3 nitrogen and oxygen atoms in total. The SMILES string of the molecule is CC(Nc1ccc(Cl)cc1F)C(=O)N1CCCCC1. The predicted molar refractivity (Wildman–Crippen MR) is 74.9 cm³/mol. The summed E-state index contributed by atoms with van der Waals surface area (Å²) in [5, 5.41) is 3.26. The number of nitrogens with zero attached hydrogens (tertiary/aromatic N) is 1. The van der Waals surface area contributed by atoms with E-state index in [1.54, 1.807) is 19.1 Å². The fourth-order valence-corrected chi connectivity index (χ4v) is 2.45. The van der Waals surface area contributed by atoms with Gasteiger partial charge in [-0.3, -0.25) is 4.79 Å². The molecule has 1 fully saturated rings.